The van der Waals surface area contributed by atoms with E-state index in [4.69, 9.17) is 61.6 Å². The molecule has 0 aromatic rings. The second-order valence-corrected chi connectivity index (χ2v) is 26.5. The Bertz CT molecular complexity index is 2350. The van der Waals surface area contributed by atoms with Crippen molar-refractivity contribution in [1.29, 1.82) is 0 Å². The maximum atomic E-state index is 12.4. The van der Waals surface area contributed by atoms with Crippen LogP contribution in [-0.4, -0.2) is 220 Å². The molecule has 6 N–H and O–H groups in total. The Morgan fingerprint density at radius 1 is 0.550 bits per heavy atom. The fourth-order valence-corrected chi connectivity index (χ4v) is 16.4. The van der Waals surface area contributed by atoms with Crippen LogP contribution in [0, 0.1) is 23.7 Å². The number of rotatable bonds is 3. The van der Waals surface area contributed by atoms with Crippen LogP contribution in [0.3, 0.4) is 0 Å². The van der Waals surface area contributed by atoms with Crippen molar-refractivity contribution < 1.29 is 92.2 Å². The zero-order valence-corrected chi connectivity index (χ0v) is 47.1. The monoisotopic (exact) mass is 1120 g/mol. The fraction of sp³-hybridized carbons (Fsp3) is 0.836. The third-order valence-electron chi connectivity index (χ3n) is 21.0. The van der Waals surface area contributed by atoms with Crippen molar-refractivity contribution in [3.63, 3.8) is 0 Å². The van der Waals surface area contributed by atoms with Crippen LogP contribution < -0.4 is 0 Å². The zero-order valence-electron chi connectivity index (χ0n) is 47.1. The Morgan fingerprint density at radius 3 is 1.94 bits per heavy atom. The molecule has 13 aliphatic rings. The van der Waals surface area contributed by atoms with E-state index in [1.165, 1.54) is 6.08 Å². The molecule has 13 heterocycles. The van der Waals surface area contributed by atoms with E-state index in [0.29, 0.717) is 57.8 Å². The zero-order chi connectivity index (χ0) is 55.6. The first-order chi connectivity index (χ1) is 38.4. The average Bonchev–Trinajstić information content (AvgIpc) is 3.82. The van der Waals surface area contributed by atoms with Crippen LogP contribution in [0.25, 0.3) is 0 Å². The van der Waals surface area contributed by atoms with E-state index in [0.717, 1.165) is 6.42 Å². The predicted octanol–water partition coefficient (Wildman–Crippen LogP) is 3.36. The summed E-state index contributed by atoms with van der Waals surface area (Å²) in [5, 5.41) is 66.3. The summed E-state index contributed by atoms with van der Waals surface area (Å²) >= 11 is 0. The van der Waals surface area contributed by atoms with Crippen LogP contribution in [0.1, 0.15) is 106 Å². The van der Waals surface area contributed by atoms with Gasteiger partial charge in [-0.15, -0.1) is 0 Å². The predicted molar refractivity (Wildman–Crippen MR) is 284 cm³/mol. The third kappa shape index (κ3) is 10.3. The minimum atomic E-state index is -1.11. The van der Waals surface area contributed by atoms with Crippen LogP contribution in [0.15, 0.2) is 60.8 Å². The molecular weight excluding hydrogens is 1040 g/mol. The molecule has 13 aliphatic heterocycles. The summed E-state index contributed by atoms with van der Waals surface area (Å²) < 4.78 is 89.4. The number of aliphatic hydroxyl groups is 6. The lowest BCUT2D eigenvalue weighted by Crippen LogP contribution is -2.67. The van der Waals surface area contributed by atoms with Gasteiger partial charge in [-0.3, -0.25) is 0 Å². The number of hydrogen-bond donors (Lipinski definition) is 6. The molecule has 19 heteroatoms. The van der Waals surface area contributed by atoms with Crippen LogP contribution in [-0.2, 0) is 61.6 Å². The van der Waals surface area contributed by atoms with Gasteiger partial charge in [-0.2, -0.15) is 0 Å². The van der Waals surface area contributed by atoms with Crippen LogP contribution in [0.2, 0.25) is 0 Å². The molecule has 9 fully saturated rings. The van der Waals surface area contributed by atoms with E-state index in [1.54, 1.807) is 6.08 Å². The first kappa shape index (κ1) is 57.0. The van der Waals surface area contributed by atoms with Crippen LogP contribution in [0.5, 0.6) is 0 Å². The number of aliphatic hydroxyl groups excluding tert-OH is 6. The first-order valence-electron chi connectivity index (χ1n) is 30.3. The van der Waals surface area contributed by atoms with Gasteiger partial charge >= 0.3 is 0 Å². The molecule has 0 aromatic carbocycles. The molecule has 1 spiro atoms. The van der Waals surface area contributed by atoms with Gasteiger partial charge in [0, 0.05) is 43.9 Å². The first-order valence-corrected chi connectivity index (χ1v) is 30.3. The normalized spacial score (nSPS) is 57.2. The smallest absolute Gasteiger partial charge is 0.174 e. The number of ether oxygens (including phenoxy) is 13. The largest absolute Gasteiger partial charge is 0.393 e. The molecule has 80 heavy (non-hydrogen) atoms. The highest BCUT2D eigenvalue weighted by Crippen LogP contribution is 2.55. The van der Waals surface area contributed by atoms with E-state index in [-0.39, 0.29) is 73.0 Å². The lowest BCUT2D eigenvalue weighted by atomic mass is 9.70. The van der Waals surface area contributed by atoms with Crippen molar-refractivity contribution in [3.8, 4) is 0 Å². The van der Waals surface area contributed by atoms with E-state index in [2.05, 4.69) is 32.9 Å². The standard InChI is InChI=1S/C61H88O19/c1-29-20-43-45(23-49-54(77-43)31(3)57(67)60(6)58(78-49)30(2)32(4)61(80-60)26-34(64)28-68-61)74-47-25-52-59(5,79-48(47)21-29)51(65)24-46-37(75-52)12-8-7-11-36-38(72-46)16-17-40-39(70-36)18-19-41-44(71-40)22-50-56(76-41)53(66)55-42(73-50)13-9-10-35(69-55)15-14-33(63)27-62/h7-10,14-19,29-58,62-67H,11-13,20-28H2,1-6H3/b8-7-,15-14+/t29-,30+,31-,32+,33+,34+,35-,36-,37+,38+,39+,40-,41-,42+,43+,44+,45-,46-,47+,48-,49+,50-,51-,52-,53-,54-,55+,56-,57+,58-,59+,60+,61-/m1/s1. The summed E-state index contributed by atoms with van der Waals surface area (Å²) in [4.78, 5) is 0. The molecular formula is C61H88O19. The van der Waals surface area contributed by atoms with Gasteiger partial charge in [0.25, 0.3) is 0 Å². The van der Waals surface area contributed by atoms with Gasteiger partial charge in [0.15, 0.2) is 5.79 Å². The molecule has 9 saturated heterocycles. The Labute approximate surface area is 469 Å². The maximum Gasteiger partial charge on any atom is 0.174 e. The van der Waals surface area contributed by atoms with Gasteiger partial charge in [0.2, 0.25) is 0 Å². The topological polar surface area (TPSA) is 241 Å². The molecule has 0 amide bonds. The Kier molecular flexibility index (Phi) is 15.9. The van der Waals surface area contributed by atoms with Gasteiger partial charge in [-0.1, -0.05) is 88.5 Å². The minimum Gasteiger partial charge on any atom is -0.393 e. The number of hydrogen-bond acceptors (Lipinski definition) is 19. The van der Waals surface area contributed by atoms with Gasteiger partial charge < -0.3 is 92.2 Å². The Balaban J connectivity index is 0.681. The highest BCUT2D eigenvalue weighted by atomic mass is 16.7. The van der Waals surface area contributed by atoms with Crippen molar-refractivity contribution in [3.05, 3.63) is 60.8 Å². The molecule has 33 atom stereocenters. The molecule has 0 aromatic heterocycles. The van der Waals surface area contributed by atoms with Gasteiger partial charge in [-0.05, 0) is 57.8 Å². The summed E-state index contributed by atoms with van der Waals surface area (Å²) in [6.45, 7) is 12.2. The van der Waals surface area contributed by atoms with Gasteiger partial charge in [-0.25, -0.2) is 0 Å². The average molecular weight is 1130 g/mol. The van der Waals surface area contributed by atoms with E-state index in [1.807, 2.05) is 57.2 Å². The third-order valence-corrected chi connectivity index (χ3v) is 21.0. The van der Waals surface area contributed by atoms with Gasteiger partial charge in [0.1, 0.15) is 53.9 Å². The number of fused-ring (bicyclic) bond motifs is 11. The second kappa shape index (κ2) is 22.3. The highest BCUT2D eigenvalue weighted by molar-refractivity contribution is 5.18. The van der Waals surface area contributed by atoms with Crippen molar-refractivity contribution in [2.24, 2.45) is 23.7 Å². The Morgan fingerprint density at radius 2 is 1.18 bits per heavy atom. The minimum absolute atomic E-state index is 0.0642. The summed E-state index contributed by atoms with van der Waals surface area (Å²) in [7, 11) is 0. The van der Waals surface area contributed by atoms with Crippen molar-refractivity contribution in [2.45, 2.75) is 281 Å². The SMILES string of the molecule is C[C@@H]1C[C@@H]2O[C@@H]3[C@@H](C)[C@H](O)[C@]4(C)O[C@]5(C[C@H](O)CO5)[C@@H](C)[C@H](C)[C@H]4O[C@H]3C[C@H]2O[C@H]2C[C@H]3O[C@H]4C/C=C\C[C@H]5O[C@H]6C=C[C@H]7O[C@H]8[C@H](O)[C@H]9O[C@@H](/C=C/[C@H](O)CO)C=CC[C@@H]9O[C@@H]8C[C@@H]7O[C@@H]6C=C[C@@H]5O[C@@H]4C[C@@H](O)[C@]3(C)O[C@@H]2C1. The second-order valence-electron chi connectivity index (χ2n) is 26.5. The quantitative estimate of drug-likeness (QED) is 0.222. The maximum absolute atomic E-state index is 12.4. The fourth-order valence-electron chi connectivity index (χ4n) is 16.4. The summed E-state index contributed by atoms with van der Waals surface area (Å²) in [6, 6.07) is 0. The van der Waals surface area contributed by atoms with E-state index >= 15 is 0 Å². The molecule has 0 saturated carbocycles. The lowest BCUT2D eigenvalue weighted by Gasteiger charge is -2.56. The summed E-state index contributed by atoms with van der Waals surface area (Å²) in [5.74, 6) is -1.32. The van der Waals surface area contributed by atoms with Crippen LogP contribution >= 0.6 is 0 Å². The van der Waals surface area contributed by atoms with Crippen molar-refractivity contribution >= 4 is 0 Å². The van der Waals surface area contributed by atoms with E-state index < -0.39 is 140 Å². The van der Waals surface area contributed by atoms with E-state index in [9.17, 15) is 30.6 Å². The van der Waals surface area contributed by atoms with Crippen molar-refractivity contribution in [2.75, 3.05) is 13.2 Å². The lowest BCUT2D eigenvalue weighted by molar-refractivity contribution is -0.373. The summed E-state index contributed by atoms with van der Waals surface area (Å²) in [5.41, 5.74) is -2.16. The molecule has 13 rings (SSSR count). The molecule has 0 aliphatic carbocycles. The Hall–Kier alpha value is -2.06. The summed E-state index contributed by atoms with van der Waals surface area (Å²) in [6.07, 6.45) is 10.8. The molecule has 0 radical (unpaired) electrons. The highest BCUT2D eigenvalue weighted by Gasteiger charge is 2.67. The molecule has 19 nitrogen and oxygen atoms in total. The van der Waals surface area contributed by atoms with Crippen LogP contribution in [0.4, 0.5) is 0 Å². The van der Waals surface area contributed by atoms with Crippen molar-refractivity contribution in [1.82, 2.24) is 0 Å². The molecule has 0 unspecified atom stereocenters. The molecule has 0 bridgehead atoms. The van der Waals surface area contributed by atoms with Gasteiger partial charge in [0.05, 0.1) is 129 Å². The molecule has 446 valence electrons.